The van der Waals surface area contributed by atoms with Crippen LogP contribution in [0.5, 0.6) is 0 Å². The summed E-state index contributed by atoms with van der Waals surface area (Å²) < 4.78 is 0.579. The van der Waals surface area contributed by atoms with Gasteiger partial charge in [-0.3, -0.25) is 14.9 Å². The van der Waals surface area contributed by atoms with Crippen LogP contribution in [-0.4, -0.2) is 28.3 Å². The van der Waals surface area contributed by atoms with Crippen LogP contribution in [0, 0.1) is 10.1 Å². The van der Waals surface area contributed by atoms with Crippen LogP contribution in [0.4, 0.5) is 5.69 Å². The van der Waals surface area contributed by atoms with Gasteiger partial charge in [0, 0.05) is 29.2 Å². The van der Waals surface area contributed by atoms with Crippen molar-refractivity contribution in [3.8, 4) is 0 Å². The Morgan fingerprint density at radius 2 is 2.04 bits per heavy atom. The summed E-state index contributed by atoms with van der Waals surface area (Å²) in [4.78, 5) is 25.3. The Morgan fingerprint density at radius 1 is 1.39 bits per heavy atom. The van der Waals surface area contributed by atoms with Crippen LogP contribution in [-0.2, 0) is 0 Å². The lowest BCUT2D eigenvalue weighted by Crippen LogP contribution is -2.42. The summed E-state index contributed by atoms with van der Waals surface area (Å²) in [5.74, 6) is -0.171. The van der Waals surface area contributed by atoms with Crippen LogP contribution >= 0.6 is 15.9 Å². The number of non-ortho nitro benzene ring substituents is 1. The van der Waals surface area contributed by atoms with Crippen molar-refractivity contribution in [2.75, 3.05) is 6.54 Å². The van der Waals surface area contributed by atoms with Gasteiger partial charge in [-0.05, 0) is 41.8 Å². The van der Waals surface area contributed by atoms with E-state index in [1.54, 1.807) is 6.07 Å². The SMILES string of the molecule is C=C(C)CN(C(=O)c1cc([N+](=O)[O-])ccc1Br)C1CCCCC1. The van der Waals surface area contributed by atoms with Gasteiger partial charge in [-0.1, -0.05) is 31.4 Å². The summed E-state index contributed by atoms with van der Waals surface area (Å²) in [6.45, 7) is 6.30. The van der Waals surface area contributed by atoms with Gasteiger partial charge in [0.05, 0.1) is 10.5 Å². The summed E-state index contributed by atoms with van der Waals surface area (Å²) in [6.07, 6.45) is 5.38. The quantitative estimate of drug-likeness (QED) is 0.422. The zero-order chi connectivity index (χ0) is 17.0. The summed E-state index contributed by atoms with van der Waals surface area (Å²) >= 11 is 3.35. The second-order valence-electron chi connectivity index (χ2n) is 6.10. The number of amides is 1. The third-order valence-corrected chi connectivity index (χ3v) is 4.80. The fraction of sp³-hybridized carbons (Fsp3) is 0.471. The Labute approximate surface area is 144 Å². The Bertz CT molecular complexity index is 624. The molecule has 23 heavy (non-hydrogen) atoms. The van der Waals surface area contributed by atoms with Crippen LogP contribution < -0.4 is 0 Å². The zero-order valence-electron chi connectivity index (χ0n) is 13.3. The number of hydrogen-bond donors (Lipinski definition) is 0. The van der Waals surface area contributed by atoms with Gasteiger partial charge in [0.2, 0.25) is 0 Å². The maximum atomic E-state index is 13.0. The lowest BCUT2D eigenvalue weighted by Gasteiger charge is -2.35. The molecule has 0 aromatic heterocycles. The average molecular weight is 381 g/mol. The van der Waals surface area contributed by atoms with Gasteiger partial charge in [-0.25, -0.2) is 0 Å². The van der Waals surface area contributed by atoms with Crippen LogP contribution in [0.25, 0.3) is 0 Å². The van der Waals surface area contributed by atoms with Gasteiger partial charge >= 0.3 is 0 Å². The van der Waals surface area contributed by atoms with Crippen molar-refractivity contribution >= 4 is 27.5 Å². The number of carbonyl (C=O) groups excluding carboxylic acids is 1. The Morgan fingerprint density at radius 3 is 2.61 bits per heavy atom. The first-order valence-corrected chi connectivity index (χ1v) is 8.58. The lowest BCUT2D eigenvalue weighted by molar-refractivity contribution is -0.384. The van der Waals surface area contributed by atoms with Crippen molar-refractivity contribution in [3.63, 3.8) is 0 Å². The van der Waals surface area contributed by atoms with Crippen LogP contribution in [0.15, 0.2) is 34.8 Å². The van der Waals surface area contributed by atoms with Gasteiger partial charge in [-0.15, -0.1) is 0 Å². The standard InChI is InChI=1S/C17H21BrN2O3/c1-12(2)11-19(13-6-4-3-5-7-13)17(21)15-10-14(20(22)23)8-9-16(15)18/h8-10,13H,1,3-7,11H2,2H3. The van der Waals surface area contributed by atoms with E-state index >= 15 is 0 Å². The smallest absolute Gasteiger partial charge is 0.270 e. The van der Waals surface area contributed by atoms with Crippen molar-refractivity contribution in [1.82, 2.24) is 4.90 Å². The molecule has 2 rings (SSSR count). The molecule has 0 aliphatic heterocycles. The molecule has 1 aromatic rings. The number of nitro groups is 1. The van der Waals surface area contributed by atoms with Gasteiger partial charge in [-0.2, -0.15) is 0 Å². The van der Waals surface area contributed by atoms with Crippen molar-refractivity contribution in [2.45, 2.75) is 45.1 Å². The molecule has 0 radical (unpaired) electrons. The third-order valence-electron chi connectivity index (χ3n) is 4.11. The molecular formula is C17H21BrN2O3. The van der Waals surface area contributed by atoms with Gasteiger partial charge < -0.3 is 4.90 Å². The molecule has 1 amide bonds. The van der Waals surface area contributed by atoms with E-state index in [-0.39, 0.29) is 17.6 Å². The zero-order valence-corrected chi connectivity index (χ0v) is 14.8. The van der Waals surface area contributed by atoms with Crippen LogP contribution in [0.2, 0.25) is 0 Å². The third kappa shape index (κ3) is 4.41. The van der Waals surface area contributed by atoms with E-state index in [2.05, 4.69) is 22.5 Å². The van der Waals surface area contributed by atoms with E-state index in [0.29, 0.717) is 16.6 Å². The first-order valence-electron chi connectivity index (χ1n) is 7.79. The van der Waals surface area contributed by atoms with E-state index in [1.807, 2.05) is 11.8 Å². The molecule has 0 spiro atoms. The first kappa shape index (κ1) is 17.7. The van der Waals surface area contributed by atoms with Crippen LogP contribution in [0.1, 0.15) is 49.4 Å². The molecule has 1 fully saturated rings. The first-order chi connectivity index (χ1) is 10.9. The largest absolute Gasteiger partial charge is 0.332 e. The van der Waals surface area contributed by atoms with E-state index in [1.165, 1.54) is 18.6 Å². The van der Waals surface area contributed by atoms with Crippen molar-refractivity contribution in [1.29, 1.82) is 0 Å². The molecule has 6 heteroatoms. The van der Waals surface area contributed by atoms with E-state index in [0.717, 1.165) is 31.3 Å². The molecule has 0 saturated heterocycles. The highest BCUT2D eigenvalue weighted by atomic mass is 79.9. The summed E-state index contributed by atoms with van der Waals surface area (Å²) in [5.41, 5.74) is 1.17. The monoisotopic (exact) mass is 380 g/mol. The Kier molecular flexibility index (Phi) is 5.93. The topological polar surface area (TPSA) is 63.5 Å². The molecule has 1 aliphatic carbocycles. The predicted octanol–water partition coefficient (Wildman–Crippen LogP) is 4.71. The molecule has 0 N–H and O–H groups in total. The molecule has 1 aliphatic rings. The summed E-state index contributed by atoms with van der Waals surface area (Å²) in [5, 5.41) is 11.0. The Balaban J connectivity index is 2.34. The van der Waals surface area contributed by atoms with Crippen molar-refractivity contribution < 1.29 is 9.72 Å². The minimum absolute atomic E-state index is 0.0736. The molecule has 1 aromatic carbocycles. The van der Waals surface area contributed by atoms with Crippen LogP contribution in [0.3, 0.4) is 0 Å². The predicted molar refractivity (Wildman–Crippen MR) is 93.5 cm³/mol. The molecule has 5 nitrogen and oxygen atoms in total. The minimum Gasteiger partial charge on any atom is -0.332 e. The van der Waals surface area contributed by atoms with Crippen molar-refractivity contribution in [2.24, 2.45) is 0 Å². The fourth-order valence-corrected chi connectivity index (χ4v) is 3.41. The molecule has 0 unspecified atom stereocenters. The highest BCUT2D eigenvalue weighted by Crippen LogP contribution is 2.28. The van der Waals surface area contributed by atoms with Gasteiger partial charge in [0.15, 0.2) is 0 Å². The molecule has 0 heterocycles. The maximum absolute atomic E-state index is 13.0. The highest BCUT2D eigenvalue weighted by molar-refractivity contribution is 9.10. The number of benzene rings is 1. The number of halogens is 1. The number of nitrogens with zero attached hydrogens (tertiary/aromatic N) is 2. The molecule has 1 saturated carbocycles. The second-order valence-corrected chi connectivity index (χ2v) is 6.96. The maximum Gasteiger partial charge on any atom is 0.270 e. The second kappa shape index (κ2) is 7.73. The molecule has 124 valence electrons. The molecule has 0 atom stereocenters. The van der Waals surface area contributed by atoms with Gasteiger partial charge in [0.25, 0.3) is 11.6 Å². The van der Waals surface area contributed by atoms with Crippen molar-refractivity contribution in [3.05, 3.63) is 50.5 Å². The van der Waals surface area contributed by atoms with E-state index in [9.17, 15) is 14.9 Å². The number of nitro benzene ring substituents is 1. The van der Waals surface area contributed by atoms with E-state index < -0.39 is 4.92 Å². The number of hydrogen-bond acceptors (Lipinski definition) is 3. The lowest BCUT2D eigenvalue weighted by atomic mass is 9.93. The number of rotatable bonds is 5. The summed E-state index contributed by atoms with van der Waals surface area (Å²) in [7, 11) is 0. The Hall–Kier alpha value is -1.69. The normalized spacial score (nSPS) is 15.2. The van der Waals surface area contributed by atoms with E-state index in [4.69, 9.17) is 0 Å². The summed E-state index contributed by atoms with van der Waals surface area (Å²) in [6, 6.07) is 4.48. The number of carbonyl (C=O) groups is 1. The minimum atomic E-state index is -0.479. The highest BCUT2D eigenvalue weighted by Gasteiger charge is 2.28. The molecular weight excluding hydrogens is 360 g/mol. The average Bonchev–Trinajstić information content (AvgIpc) is 2.53. The fourth-order valence-electron chi connectivity index (χ4n) is 3.00. The molecule has 0 bridgehead atoms. The van der Waals surface area contributed by atoms with Gasteiger partial charge in [0.1, 0.15) is 0 Å².